The number of ether oxygens (including phenoxy) is 1. The second-order valence-electron chi connectivity index (χ2n) is 7.94. The molecule has 0 aliphatic rings. The van der Waals surface area contributed by atoms with E-state index >= 15 is 0 Å². The average Bonchev–Trinajstić information content (AvgIpc) is 2.98. The van der Waals surface area contributed by atoms with E-state index < -0.39 is 0 Å². The molecule has 0 aliphatic heterocycles. The molecule has 3 rings (SSSR count). The second-order valence-corrected chi connectivity index (χ2v) is 7.94. The van der Waals surface area contributed by atoms with Crippen LogP contribution in [-0.2, 0) is 18.6 Å². The molecule has 0 atom stereocenters. The molecule has 3 nitrogen and oxygen atoms in total. The van der Waals surface area contributed by atoms with Crippen LogP contribution >= 0.6 is 0 Å². The standard InChI is InChI=1S/C23H30N2O/c1-5-6-9-16-25-21-11-8-7-10-20(21)24-22(25)17-26-19-14-12-18(13-15-19)23(2,3)4/h7-8,10-15H,5-6,9,16-17H2,1-4H3. The highest BCUT2D eigenvalue weighted by Gasteiger charge is 2.14. The van der Waals surface area contributed by atoms with Crippen molar-refractivity contribution in [1.82, 2.24) is 9.55 Å². The number of benzene rings is 2. The van der Waals surface area contributed by atoms with Crippen molar-refractivity contribution < 1.29 is 4.74 Å². The summed E-state index contributed by atoms with van der Waals surface area (Å²) in [6, 6.07) is 16.8. The van der Waals surface area contributed by atoms with Crippen LogP contribution in [-0.4, -0.2) is 9.55 Å². The maximum atomic E-state index is 6.05. The molecule has 0 N–H and O–H groups in total. The second kappa shape index (κ2) is 7.94. The van der Waals surface area contributed by atoms with E-state index in [0.717, 1.165) is 23.6 Å². The van der Waals surface area contributed by atoms with Crippen LogP contribution < -0.4 is 4.74 Å². The Morgan fingerprint density at radius 1 is 0.962 bits per heavy atom. The molecule has 0 spiro atoms. The summed E-state index contributed by atoms with van der Waals surface area (Å²) in [5.74, 6) is 1.90. The molecular formula is C23H30N2O. The van der Waals surface area contributed by atoms with E-state index in [1.165, 1.54) is 30.3 Å². The molecule has 0 fully saturated rings. The molecule has 0 saturated carbocycles. The highest BCUT2D eigenvalue weighted by atomic mass is 16.5. The first-order valence-electron chi connectivity index (χ1n) is 9.66. The van der Waals surface area contributed by atoms with Crippen molar-refractivity contribution in [3.8, 4) is 5.75 Å². The summed E-state index contributed by atoms with van der Waals surface area (Å²) >= 11 is 0. The Kier molecular flexibility index (Phi) is 5.65. The van der Waals surface area contributed by atoms with Crippen molar-refractivity contribution in [3.63, 3.8) is 0 Å². The number of para-hydroxylation sites is 2. The minimum absolute atomic E-state index is 0.159. The van der Waals surface area contributed by atoms with Crippen LogP contribution in [0.2, 0.25) is 0 Å². The van der Waals surface area contributed by atoms with E-state index in [1.54, 1.807) is 0 Å². The van der Waals surface area contributed by atoms with Gasteiger partial charge in [-0.05, 0) is 41.7 Å². The minimum Gasteiger partial charge on any atom is -0.486 e. The van der Waals surface area contributed by atoms with Crippen molar-refractivity contribution in [2.45, 2.75) is 65.5 Å². The van der Waals surface area contributed by atoms with Crippen molar-refractivity contribution in [2.75, 3.05) is 0 Å². The van der Waals surface area contributed by atoms with E-state index in [9.17, 15) is 0 Å². The average molecular weight is 351 g/mol. The van der Waals surface area contributed by atoms with Crippen molar-refractivity contribution in [2.24, 2.45) is 0 Å². The molecule has 0 amide bonds. The van der Waals surface area contributed by atoms with Crippen molar-refractivity contribution in [1.29, 1.82) is 0 Å². The van der Waals surface area contributed by atoms with Gasteiger partial charge >= 0.3 is 0 Å². The monoisotopic (exact) mass is 350 g/mol. The summed E-state index contributed by atoms with van der Waals surface area (Å²) in [6.45, 7) is 10.4. The van der Waals surface area contributed by atoms with E-state index in [-0.39, 0.29) is 5.41 Å². The predicted molar refractivity (Wildman–Crippen MR) is 109 cm³/mol. The summed E-state index contributed by atoms with van der Waals surface area (Å²) in [7, 11) is 0. The molecule has 0 radical (unpaired) electrons. The molecule has 0 saturated heterocycles. The summed E-state index contributed by atoms with van der Waals surface area (Å²) in [6.07, 6.45) is 3.63. The molecule has 0 unspecified atom stereocenters. The van der Waals surface area contributed by atoms with Gasteiger partial charge in [0.25, 0.3) is 0 Å². The third-order valence-electron chi connectivity index (χ3n) is 4.81. The maximum Gasteiger partial charge on any atom is 0.147 e. The van der Waals surface area contributed by atoms with Crippen LogP contribution in [0.15, 0.2) is 48.5 Å². The van der Waals surface area contributed by atoms with Crippen LogP contribution in [0.3, 0.4) is 0 Å². The lowest BCUT2D eigenvalue weighted by molar-refractivity contribution is 0.289. The number of hydrogen-bond donors (Lipinski definition) is 0. The van der Waals surface area contributed by atoms with Gasteiger partial charge in [0.05, 0.1) is 11.0 Å². The van der Waals surface area contributed by atoms with Crippen LogP contribution in [0, 0.1) is 0 Å². The van der Waals surface area contributed by atoms with Gasteiger partial charge in [0.1, 0.15) is 18.2 Å². The molecule has 3 heteroatoms. The number of aromatic nitrogens is 2. The SMILES string of the molecule is CCCCCn1c(COc2ccc(C(C)(C)C)cc2)nc2ccccc21. The van der Waals surface area contributed by atoms with Gasteiger partial charge in [-0.15, -0.1) is 0 Å². The molecule has 138 valence electrons. The number of unbranched alkanes of at least 4 members (excludes halogenated alkanes) is 2. The highest BCUT2D eigenvalue weighted by molar-refractivity contribution is 5.75. The lowest BCUT2D eigenvalue weighted by Gasteiger charge is -2.19. The van der Waals surface area contributed by atoms with Crippen LogP contribution in [0.1, 0.15) is 58.3 Å². The van der Waals surface area contributed by atoms with Gasteiger partial charge in [0.2, 0.25) is 0 Å². The first-order chi connectivity index (χ1) is 12.5. The molecule has 1 heterocycles. The zero-order valence-corrected chi connectivity index (χ0v) is 16.5. The summed E-state index contributed by atoms with van der Waals surface area (Å²) in [4.78, 5) is 4.80. The van der Waals surface area contributed by atoms with E-state index in [1.807, 2.05) is 6.07 Å². The number of rotatable bonds is 7. The normalized spacial score (nSPS) is 11.8. The topological polar surface area (TPSA) is 27.1 Å². The smallest absolute Gasteiger partial charge is 0.147 e. The first kappa shape index (κ1) is 18.5. The number of imidazole rings is 1. The summed E-state index contributed by atoms with van der Waals surface area (Å²) < 4.78 is 8.37. The number of hydrogen-bond acceptors (Lipinski definition) is 2. The number of fused-ring (bicyclic) bond motifs is 1. The summed E-state index contributed by atoms with van der Waals surface area (Å²) in [5, 5.41) is 0. The number of aryl methyl sites for hydroxylation is 1. The number of nitrogens with zero attached hydrogens (tertiary/aromatic N) is 2. The highest BCUT2D eigenvalue weighted by Crippen LogP contribution is 2.25. The molecule has 0 aliphatic carbocycles. The van der Waals surface area contributed by atoms with E-state index in [4.69, 9.17) is 9.72 Å². The van der Waals surface area contributed by atoms with Crippen molar-refractivity contribution >= 4 is 11.0 Å². The van der Waals surface area contributed by atoms with Gasteiger partial charge in [0, 0.05) is 6.54 Å². The molecule has 2 aromatic carbocycles. The molecular weight excluding hydrogens is 320 g/mol. The minimum atomic E-state index is 0.159. The molecule has 3 aromatic rings. The quantitative estimate of drug-likeness (QED) is 0.481. The fraction of sp³-hybridized carbons (Fsp3) is 0.435. The predicted octanol–water partition coefficient (Wildman–Crippen LogP) is 6.10. The van der Waals surface area contributed by atoms with Crippen molar-refractivity contribution in [3.05, 3.63) is 59.9 Å². The zero-order valence-electron chi connectivity index (χ0n) is 16.5. The lowest BCUT2D eigenvalue weighted by atomic mass is 9.87. The Morgan fingerprint density at radius 3 is 2.38 bits per heavy atom. The largest absolute Gasteiger partial charge is 0.486 e. The zero-order chi connectivity index (χ0) is 18.6. The fourth-order valence-corrected chi connectivity index (χ4v) is 3.20. The van der Waals surface area contributed by atoms with Gasteiger partial charge in [-0.1, -0.05) is 64.8 Å². The van der Waals surface area contributed by atoms with Crippen LogP contribution in [0.25, 0.3) is 11.0 Å². The molecule has 26 heavy (non-hydrogen) atoms. The first-order valence-corrected chi connectivity index (χ1v) is 9.66. The van der Waals surface area contributed by atoms with Gasteiger partial charge < -0.3 is 9.30 Å². The molecule has 1 aromatic heterocycles. The lowest BCUT2D eigenvalue weighted by Crippen LogP contribution is -2.11. The van der Waals surface area contributed by atoms with E-state index in [0.29, 0.717) is 6.61 Å². The molecule has 0 bridgehead atoms. The summed E-state index contributed by atoms with van der Waals surface area (Å²) in [5.41, 5.74) is 3.72. The van der Waals surface area contributed by atoms with Gasteiger partial charge in [-0.2, -0.15) is 0 Å². The maximum absolute atomic E-state index is 6.05. The van der Waals surface area contributed by atoms with Crippen LogP contribution in [0.4, 0.5) is 0 Å². The Bertz CT molecular complexity index is 841. The fourth-order valence-electron chi connectivity index (χ4n) is 3.20. The Labute approximate surface area is 157 Å². The Balaban J connectivity index is 1.76. The van der Waals surface area contributed by atoms with Gasteiger partial charge in [-0.25, -0.2) is 4.98 Å². The Morgan fingerprint density at radius 2 is 1.69 bits per heavy atom. The van der Waals surface area contributed by atoms with Crippen LogP contribution in [0.5, 0.6) is 5.75 Å². The Hall–Kier alpha value is -2.29. The third-order valence-corrected chi connectivity index (χ3v) is 4.81. The van der Waals surface area contributed by atoms with E-state index in [2.05, 4.69) is 74.7 Å². The van der Waals surface area contributed by atoms with Gasteiger partial charge in [0.15, 0.2) is 0 Å². The van der Waals surface area contributed by atoms with Gasteiger partial charge in [-0.3, -0.25) is 0 Å². The third kappa shape index (κ3) is 4.27.